The molecule has 0 aromatic rings. The van der Waals surface area contributed by atoms with Crippen LogP contribution in [0.5, 0.6) is 0 Å². The highest BCUT2D eigenvalue weighted by Crippen LogP contribution is 2.36. The molecule has 5 atom stereocenters. The summed E-state index contributed by atoms with van der Waals surface area (Å²) < 4.78 is 5.93. The smallest absolute Gasteiger partial charge is 0.310 e. The molecule has 0 bridgehead atoms. The molecular weight excluding hydrogens is 250 g/mol. The normalized spacial score (nSPS) is 38.8. The van der Waals surface area contributed by atoms with Crippen LogP contribution >= 0.6 is 0 Å². The van der Waals surface area contributed by atoms with Gasteiger partial charge >= 0.3 is 5.97 Å². The lowest BCUT2D eigenvalue weighted by Crippen LogP contribution is -2.43. The van der Waals surface area contributed by atoms with E-state index in [-0.39, 0.29) is 24.0 Å². The Kier molecular flexibility index (Phi) is 5.48. The van der Waals surface area contributed by atoms with Crippen LogP contribution in [0.15, 0.2) is 0 Å². The third-order valence-corrected chi connectivity index (χ3v) is 5.35. The van der Waals surface area contributed by atoms with Crippen LogP contribution in [0.2, 0.25) is 0 Å². The van der Waals surface area contributed by atoms with Crippen molar-refractivity contribution in [3.63, 3.8) is 0 Å². The van der Waals surface area contributed by atoms with Gasteiger partial charge in [-0.25, -0.2) is 0 Å². The van der Waals surface area contributed by atoms with E-state index in [0.717, 1.165) is 32.1 Å². The van der Waals surface area contributed by atoms with Crippen molar-refractivity contribution in [2.75, 3.05) is 0 Å². The summed E-state index contributed by atoms with van der Waals surface area (Å²) in [5.41, 5.74) is 6.11. The Balaban J connectivity index is 1.96. The molecule has 5 unspecified atom stereocenters. The summed E-state index contributed by atoms with van der Waals surface area (Å²) >= 11 is 0. The monoisotopic (exact) mass is 281 g/mol. The first kappa shape index (κ1) is 15.8. The maximum Gasteiger partial charge on any atom is 0.310 e. The van der Waals surface area contributed by atoms with E-state index in [0.29, 0.717) is 17.8 Å². The number of esters is 1. The maximum atomic E-state index is 12.4. The number of rotatable bonds is 3. The van der Waals surface area contributed by atoms with Crippen molar-refractivity contribution in [2.45, 2.75) is 77.9 Å². The highest BCUT2D eigenvalue weighted by molar-refractivity contribution is 5.73. The molecule has 2 N–H and O–H groups in total. The van der Waals surface area contributed by atoms with Gasteiger partial charge in [-0.2, -0.15) is 0 Å². The second-order valence-corrected chi connectivity index (χ2v) is 7.36. The molecule has 0 radical (unpaired) electrons. The van der Waals surface area contributed by atoms with Crippen molar-refractivity contribution in [1.29, 1.82) is 0 Å². The summed E-state index contributed by atoms with van der Waals surface area (Å²) in [4.78, 5) is 12.4. The Morgan fingerprint density at radius 1 is 1.15 bits per heavy atom. The Morgan fingerprint density at radius 3 is 2.50 bits per heavy atom. The Morgan fingerprint density at radius 2 is 1.85 bits per heavy atom. The van der Waals surface area contributed by atoms with Crippen LogP contribution in [0.3, 0.4) is 0 Å². The number of carbonyl (C=O) groups excluding carboxylic acids is 1. The van der Waals surface area contributed by atoms with E-state index >= 15 is 0 Å². The zero-order valence-corrected chi connectivity index (χ0v) is 13.3. The summed E-state index contributed by atoms with van der Waals surface area (Å²) in [5.74, 6) is 1.69. The SMILES string of the molecule is CC1CCC(C(C)C)C(OC(=O)C2CCCCC2N)C1. The molecule has 0 amide bonds. The molecule has 0 aliphatic heterocycles. The third kappa shape index (κ3) is 3.75. The summed E-state index contributed by atoms with van der Waals surface area (Å²) in [6.45, 7) is 6.76. The van der Waals surface area contributed by atoms with Gasteiger partial charge < -0.3 is 10.5 Å². The van der Waals surface area contributed by atoms with Crippen molar-refractivity contribution >= 4 is 5.97 Å². The van der Waals surface area contributed by atoms with E-state index in [1.54, 1.807) is 0 Å². The fourth-order valence-electron chi connectivity index (χ4n) is 3.94. The third-order valence-electron chi connectivity index (χ3n) is 5.35. The lowest BCUT2D eigenvalue weighted by atomic mass is 9.75. The molecule has 0 heterocycles. The molecular formula is C17H31NO2. The Bertz CT molecular complexity index is 329. The average Bonchev–Trinajstić information content (AvgIpc) is 2.38. The molecule has 0 spiro atoms. The predicted molar refractivity (Wildman–Crippen MR) is 81.2 cm³/mol. The van der Waals surface area contributed by atoms with Crippen molar-refractivity contribution < 1.29 is 9.53 Å². The minimum absolute atomic E-state index is 0.00904. The van der Waals surface area contributed by atoms with E-state index in [1.165, 1.54) is 12.8 Å². The number of nitrogens with two attached hydrogens (primary N) is 1. The molecule has 2 fully saturated rings. The van der Waals surface area contributed by atoms with Crippen LogP contribution in [0, 0.1) is 23.7 Å². The molecule has 3 nitrogen and oxygen atoms in total. The highest BCUT2D eigenvalue weighted by atomic mass is 16.5. The molecule has 3 heteroatoms. The molecule has 2 aliphatic rings. The second-order valence-electron chi connectivity index (χ2n) is 7.36. The lowest BCUT2D eigenvalue weighted by Gasteiger charge is -2.38. The van der Waals surface area contributed by atoms with Crippen LogP contribution < -0.4 is 5.73 Å². The predicted octanol–water partition coefficient (Wildman–Crippen LogP) is 3.51. The summed E-state index contributed by atoms with van der Waals surface area (Å²) in [6, 6.07) is 0.00904. The minimum atomic E-state index is -0.0613. The van der Waals surface area contributed by atoms with E-state index in [9.17, 15) is 4.79 Å². The van der Waals surface area contributed by atoms with Gasteiger partial charge in [0.15, 0.2) is 0 Å². The van der Waals surface area contributed by atoms with Crippen LogP contribution in [0.4, 0.5) is 0 Å². The molecule has 2 saturated carbocycles. The number of hydrogen-bond acceptors (Lipinski definition) is 3. The number of ether oxygens (including phenoxy) is 1. The summed E-state index contributed by atoms with van der Waals surface area (Å²) in [5, 5.41) is 0. The molecule has 116 valence electrons. The number of carbonyl (C=O) groups is 1. The summed E-state index contributed by atoms with van der Waals surface area (Å²) in [6.07, 6.45) is 7.73. The maximum absolute atomic E-state index is 12.4. The molecule has 0 aromatic heterocycles. The zero-order valence-electron chi connectivity index (χ0n) is 13.3. The molecule has 0 aromatic carbocycles. The van der Waals surface area contributed by atoms with Gasteiger partial charge in [-0.1, -0.05) is 40.0 Å². The zero-order chi connectivity index (χ0) is 14.7. The first-order chi connectivity index (χ1) is 9.49. The van der Waals surface area contributed by atoms with Gasteiger partial charge in [0, 0.05) is 6.04 Å². The molecule has 2 aliphatic carbocycles. The largest absolute Gasteiger partial charge is 0.462 e. The second kappa shape index (κ2) is 6.93. The van der Waals surface area contributed by atoms with Crippen molar-refractivity contribution in [1.82, 2.24) is 0 Å². The lowest BCUT2D eigenvalue weighted by molar-refractivity contribution is -0.162. The van der Waals surface area contributed by atoms with Crippen LogP contribution in [-0.4, -0.2) is 18.1 Å². The van der Waals surface area contributed by atoms with E-state index in [1.807, 2.05) is 0 Å². The fourth-order valence-corrected chi connectivity index (χ4v) is 3.94. The average molecular weight is 281 g/mol. The fraction of sp³-hybridized carbons (Fsp3) is 0.941. The van der Waals surface area contributed by atoms with E-state index < -0.39 is 0 Å². The molecule has 0 saturated heterocycles. The number of hydrogen-bond donors (Lipinski definition) is 1. The van der Waals surface area contributed by atoms with Crippen LogP contribution in [-0.2, 0) is 9.53 Å². The first-order valence-electron chi connectivity index (χ1n) is 8.45. The Hall–Kier alpha value is -0.570. The highest BCUT2D eigenvalue weighted by Gasteiger charge is 2.36. The van der Waals surface area contributed by atoms with Gasteiger partial charge in [-0.05, 0) is 43.4 Å². The quantitative estimate of drug-likeness (QED) is 0.805. The topological polar surface area (TPSA) is 52.3 Å². The van der Waals surface area contributed by atoms with Gasteiger partial charge in [0.1, 0.15) is 6.10 Å². The van der Waals surface area contributed by atoms with Gasteiger partial charge in [0.25, 0.3) is 0 Å². The minimum Gasteiger partial charge on any atom is -0.462 e. The van der Waals surface area contributed by atoms with Crippen LogP contribution in [0.1, 0.15) is 65.7 Å². The van der Waals surface area contributed by atoms with Gasteiger partial charge in [-0.15, -0.1) is 0 Å². The Labute approximate surface area is 123 Å². The summed E-state index contributed by atoms with van der Waals surface area (Å²) in [7, 11) is 0. The van der Waals surface area contributed by atoms with E-state index in [2.05, 4.69) is 20.8 Å². The van der Waals surface area contributed by atoms with E-state index in [4.69, 9.17) is 10.5 Å². The first-order valence-corrected chi connectivity index (χ1v) is 8.45. The van der Waals surface area contributed by atoms with Crippen molar-refractivity contribution in [3.8, 4) is 0 Å². The van der Waals surface area contributed by atoms with Crippen molar-refractivity contribution in [3.05, 3.63) is 0 Å². The molecule has 2 rings (SSSR count). The van der Waals surface area contributed by atoms with Gasteiger partial charge in [0.2, 0.25) is 0 Å². The van der Waals surface area contributed by atoms with Crippen LogP contribution in [0.25, 0.3) is 0 Å². The van der Waals surface area contributed by atoms with Gasteiger partial charge in [0.05, 0.1) is 5.92 Å². The van der Waals surface area contributed by atoms with Crippen molar-refractivity contribution in [2.24, 2.45) is 29.4 Å². The standard InChI is InChI=1S/C17H31NO2/c1-11(2)13-9-8-12(3)10-16(13)20-17(19)14-6-4-5-7-15(14)18/h11-16H,4-10,18H2,1-3H3. The molecule has 20 heavy (non-hydrogen) atoms. The van der Waals surface area contributed by atoms with Gasteiger partial charge in [-0.3, -0.25) is 4.79 Å².